The molecule has 134 valence electrons. The van der Waals surface area contributed by atoms with Crippen LogP contribution in [-0.4, -0.2) is 12.5 Å². The topological polar surface area (TPSA) is 64.4 Å². The minimum atomic E-state index is -0.379. The van der Waals surface area contributed by atoms with Crippen molar-refractivity contribution in [3.8, 4) is 5.75 Å². The van der Waals surface area contributed by atoms with Crippen molar-refractivity contribution in [1.82, 2.24) is 0 Å². The number of ether oxygens (including phenoxy) is 1. The number of amides is 1. The smallest absolute Gasteiger partial charge is 0.224 e. The highest BCUT2D eigenvalue weighted by molar-refractivity contribution is 5.92. The SMILES string of the molecule is Cl.Nc1ccccc1CCC(=O)Nc1ccc(F)cc1OCC1CC1. The normalized spacial score (nSPS) is 13.0. The van der Waals surface area contributed by atoms with Gasteiger partial charge < -0.3 is 15.8 Å². The number of carbonyl (C=O) groups excluding carboxylic acids is 1. The van der Waals surface area contributed by atoms with Crippen LogP contribution in [0.4, 0.5) is 15.8 Å². The average molecular weight is 365 g/mol. The number of benzene rings is 2. The number of carbonyl (C=O) groups is 1. The van der Waals surface area contributed by atoms with Gasteiger partial charge in [-0.05, 0) is 48.9 Å². The number of halogens is 2. The Labute approximate surface area is 153 Å². The fraction of sp³-hybridized carbons (Fsp3) is 0.316. The van der Waals surface area contributed by atoms with Crippen molar-refractivity contribution < 1.29 is 13.9 Å². The average Bonchev–Trinajstić information content (AvgIpc) is 3.39. The highest BCUT2D eigenvalue weighted by atomic mass is 35.5. The second-order valence-corrected chi connectivity index (χ2v) is 6.14. The van der Waals surface area contributed by atoms with Gasteiger partial charge in [-0.1, -0.05) is 18.2 Å². The lowest BCUT2D eigenvalue weighted by atomic mass is 10.1. The molecule has 25 heavy (non-hydrogen) atoms. The van der Waals surface area contributed by atoms with Crippen LogP contribution >= 0.6 is 12.4 Å². The third kappa shape index (κ3) is 5.64. The molecule has 0 radical (unpaired) electrons. The van der Waals surface area contributed by atoms with Gasteiger partial charge in [0.2, 0.25) is 5.91 Å². The molecule has 0 saturated heterocycles. The summed E-state index contributed by atoms with van der Waals surface area (Å²) >= 11 is 0. The first kappa shape index (κ1) is 19.1. The largest absolute Gasteiger partial charge is 0.491 e. The molecule has 4 nitrogen and oxygen atoms in total. The molecule has 1 fully saturated rings. The zero-order valence-electron chi connectivity index (χ0n) is 13.8. The van der Waals surface area contributed by atoms with E-state index in [4.69, 9.17) is 10.5 Å². The van der Waals surface area contributed by atoms with Gasteiger partial charge in [0, 0.05) is 18.2 Å². The molecule has 0 unspecified atom stereocenters. The standard InChI is InChI=1S/C19H21FN2O2.ClH/c20-15-8-9-17(18(11-15)24-12-13-5-6-13)22-19(23)10-7-14-3-1-2-4-16(14)21;/h1-4,8-9,11,13H,5-7,10,12,21H2,(H,22,23);1H. The van der Waals surface area contributed by atoms with Crippen molar-refractivity contribution in [2.75, 3.05) is 17.7 Å². The summed E-state index contributed by atoms with van der Waals surface area (Å²) in [6.07, 6.45) is 3.15. The Bertz CT molecular complexity index is 735. The molecule has 3 N–H and O–H groups in total. The molecular weight excluding hydrogens is 343 g/mol. The van der Waals surface area contributed by atoms with Crippen molar-refractivity contribution in [3.05, 3.63) is 53.8 Å². The van der Waals surface area contributed by atoms with E-state index in [9.17, 15) is 9.18 Å². The Balaban J connectivity index is 0.00000225. The van der Waals surface area contributed by atoms with Crippen LogP contribution in [0, 0.1) is 11.7 Å². The summed E-state index contributed by atoms with van der Waals surface area (Å²) in [5, 5.41) is 2.80. The van der Waals surface area contributed by atoms with Gasteiger partial charge in [-0.3, -0.25) is 4.79 Å². The summed E-state index contributed by atoms with van der Waals surface area (Å²) in [6.45, 7) is 0.562. The molecule has 0 aliphatic heterocycles. The Morgan fingerprint density at radius 3 is 2.72 bits per heavy atom. The fourth-order valence-corrected chi connectivity index (χ4v) is 2.43. The molecule has 2 aromatic rings. The van der Waals surface area contributed by atoms with Crippen molar-refractivity contribution in [1.29, 1.82) is 0 Å². The molecule has 3 rings (SSSR count). The van der Waals surface area contributed by atoms with E-state index >= 15 is 0 Å². The van der Waals surface area contributed by atoms with Crippen LogP contribution in [-0.2, 0) is 11.2 Å². The number of nitrogens with one attached hydrogen (secondary N) is 1. The highest BCUT2D eigenvalue weighted by Crippen LogP contribution is 2.32. The predicted octanol–water partition coefficient (Wildman–Crippen LogP) is 4.19. The first-order chi connectivity index (χ1) is 11.6. The molecule has 0 bridgehead atoms. The number of hydrogen-bond acceptors (Lipinski definition) is 3. The number of rotatable bonds is 7. The summed E-state index contributed by atoms with van der Waals surface area (Å²) in [5.74, 6) is 0.407. The first-order valence-electron chi connectivity index (χ1n) is 8.17. The number of anilines is 2. The lowest BCUT2D eigenvalue weighted by Crippen LogP contribution is -2.14. The second-order valence-electron chi connectivity index (χ2n) is 6.14. The van der Waals surface area contributed by atoms with E-state index in [1.807, 2.05) is 24.3 Å². The molecular formula is C19H22ClFN2O2. The predicted molar refractivity (Wildman–Crippen MR) is 99.7 cm³/mol. The molecule has 1 amide bonds. The van der Waals surface area contributed by atoms with Crippen LogP contribution in [0.15, 0.2) is 42.5 Å². The highest BCUT2D eigenvalue weighted by Gasteiger charge is 2.22. The van der Waals surface area contributed by atoms with Crippen LogP contribution in [0.1, 0.15) is 24.8 Å². The molecule has 1 aliphatic rings. The van der Waals surface area contributed by atoms with Crippen LogP contribution < -0.4 is 15.8 Å². The minimum Gasteiger partial charge on any atom is -0.491 e. The fourth-order valence-electron chi connectivity index (χ4n) is 2.43. The Kier molecular flexibility index (Phi) is 6.65. The summed E-state index contributed by atoms with van der Waals surface area (Å²) < 4.78 is 19.1. The molecule has 0 spiro atoms. The van der Waals surface area contributed by atoms with E-state index in [0.717, 1.165) is 18.4 Å². The lowest BCUT2D eigenvalue weighted by molar-refractivity contribution is -0.116. The van der Waals surface area contributed by atoms with Gasteiger partial charge in [-0.2, -0.15) is 0 Å². The van der Waals surface area contributed by atoms with Gasteiger partial charge in [0.25, 0.3) is 0 Å². The number of nitrogen functional groups attached to an aromatic ring is 1. The van der Waals surface area contributed by atoms with E-state index in [0.29, 0.717) is 42.5 Å². The molecule has 0 aromatic heterocycles. The zero-order valence-corrected chi connectivity index (χ0v) is 14.7. The van der Waals surface area contributed by atoms with Gasteiger partial charge in [0.1, 0.15) is 11.6 Å². The molecule has 0 heterocycles. The van der Waals surface area contributed by atoms with Gasteiger partial charge in [-0.25, -0.2) is 4.39 Å². The van der Waals surface area contributed by atoms with Crippen LogP contribution in [0.2, 0.25) is 0 Å². The maximum atomic E-state index is 13.4. The Hall–Kier alpha value is -2.27. The van der Waals surface area contributed by atoms with E-state index in [2.05, 4.69) is 5.32 Å². The monoisotopic (exact) mass is 364 g/mol. The minimum absolute atomic E-state index is 0. The number of para-hydroxylation sites is 1. The lowest BCUT2D eigenvalue weighted by Gasteiger charge is -2.13. The first-order valence-corrected chi connectivity index (χ1v) is 8.17. The number of hydrogen-bond donors (Lipinski definition) is 2. The van der Waals surface area contributed by atoms with Crippen LogP contribution in [0.3, 0.4) is 0 Å². The molecule has 1 aliphatic carbocycles. The Morgan fingerprint density at radius 1 is 1.24 bits per heavy atom. The third-order valence-corrected chi connectivity index (χ3v) is 4.07. The summed E-state index contributed by atoms with van der Waals surface area (Å²) in [5.41, 5.74) is 8.01. The molecule has 6 heteroatoms. The van der Waals surface area contributed by atoms with E-state index < -0.39 is 0 Å². The van der Waals surface area contributed by atoms with Crippen molar-refractivity contribution in [2.45, 2.75) is 25.7 Å². The van der Waals surface area contributed by atoms with Gasteiger partial charge in [-0.15, -0.1) is 12.4 Å². The van der Waals surface area contributed by atoms with Crippen LogP contribution in [0.25, 0.3) is 0 Å². The summed E-state index contributed by atoms with van der Waals surface area (Å²) in [4.78, 5) is 12.2. The number of nitrogens with two attached hydrogens (primary N) is 1. The van der Waals surface area contributed by atoms with E-state index in [1.165, 1.54) is 18.2 Å². The summed E-state index contributed by atoms with van der Waals surface area (Å²) in [7, 11) is 0. The molecule has 1 saturated carbocycles. The molecule has 0 atom stereocenters. The second kappa shape index (κ2) is 8.72. The molecule has 2 aromatic carbocycles. The third-order valence-electron chi connectivity index (χ3n) is 4.07. The summed E-state index contributed by atoms with van der Waals surface area (Å²) in [6, 6.07) is 11.6. The quantitative estimate of drug-likeness (QED) is 0.724. The van der Waals surface area contributed by atoms with Crippen molar-refractivity contribution in [2.24, 2.45) is 5.92 Å². The number of aryl methyl sites for hydroxylation is 1. The Morgan fingerprint density at radius 2 is 2.00 bits per heavy atom. The van der Waals surface area contributed by atoms with Crippen LogP contribution in [0.5, 0.6) is 5.75 Å². The maximum Gasteiger partial charge on any atom is 0.224 e. The van der Waals surface area contributed by atoms with Gasteiger partial charge in [0.15, 0.2) is 0 Å². The van der Waals surface area contributed by atoms with E-state index in [1.54, 1.807) is 0 Å². The van der Waals surface area contributed by atoms with Gasteiger partial charge >= 0.3 is 0 Å². The maximum absolute atomic E-state index is 13.4. The van der Waals surface area contributed by atoms with E-state index in [-0.39, 0.29) is 24.1 Å². The zero-order chi connectivity index (χ0) is 16.9. The van der Waals surface area contributed by atoms with Crippen molar-refractivity contribution >= 4 is 29.7 Å². The van der Waals surface area contributed by atoms with Gasteiger partial charge in [0.05, 0.1) is 12.3 Å². The van der Waals surface area contributed by atoms with Crippen molar-refractivity contribution in [3.63, 3.8) is 0 Å².